The van der Waals surface area contributed by atoms with E-state index in [0.717, 1.165) is 25.7 Å². The van der Waals surface area contributed by atoms with Gasteiger partial charge in [-0.3, -0.25) is 0 Å². The molecule has 2 saturated carbocycles. The molecule has 1 N–H and O–H groups in total. The quantitative estimate of drug-likeness (QED) is 0.539. The first-order valence-electron chi connectivity index (χ1n) is 3.78. The fraction of sp³-hybridized carbons (Fsp3) is 0.857. The van der Waals surface area contributed by atoms with Crippen molar-refractivity contribution in [2.45, 2.75) is 36.8 Å². The summed E-state index contributed by atoms with van der Waals surface area (Å²) in [6, 6.07) is 0. The number of hydrogen-bond acceptors (Lipinski definition) is 2. The van der Waals surface area contributed by atoms with Gasteiger partial charge in [-0.05, 0) is 25.7 Å². The van der Waals surface area contributed by atoms with Crippen molar-refractivity contribution in [3.63, 3.8) is 0 Å². The lowest BCUT2D eigenvalue weighted by atomic mass is 10.1. The number of amides is 1. The molecular weight excluding hydrogens is 130 g/mol. The summed E-state index contributed by atoms with van der Waals surface area (Å²) < 4.78 is 5.19. The van der Waals surface area contributed by atoms with Crippen molar-refractivity contribution in [2.75, 3.05) is 0 Å². The molecule has 3 fully saturated rings. The molecule has 0 atom stereocenters. The van der Waals surface area contributed by atoms with Gasteiger partial charge in [0.1, 0.15) is 5.60 Å². The number of hydrogen-bond donors (Lipinski definition) is 1. The van der Waals surface area contributed by atoms with Crippen LogP contribution in [-0.2, 0) is 4.74 Å². The minimum absolute atomic E-state index is 0.0376. The number of rotatable bonds is 0. The maximum atomic E-state index is 10.8. The first kappa shape index (κ1) is 4.99. The Kier molecular flexibility index (Phi) is 0.531. The van der Waals surface area contributed by atoms with Crippen molar-refractivity contribution in [1.29, 1.82) is 0 Å². The molecule has 1 saturated heterocycles. The summed E-state index contributed by atoms with van der Waals surface area (Å²) >= 11 is 0. The van der Waals surface area contributed by atoms with E-state index in [0.29, 0.717) is 0 Å². The number of ether oxygens (including phenoxy) is 1. The zero-order chi connectivity index (χ0) is 6.82. The zero-order valence-corrected chi connectivity index (χ0v) is 5.64. The molecule has 2 spiro atoms. The molecule has 1 heterocycles. The molecular formula is C7H9NO2. The average Bonchev–Trinajstić information content (AvgIpc) is 2.60. The van der Waals surface area contributed by atoms with Crippen LogP contribution in [0.25, 0.3) is 0 Å². The zero-order valence-electron chi connectivity index (χ0n) is 5.64. The Balaban J connectivity index is 2.02. The normalized spacial score (nSPS) is 35.8. The van der Waals surface area contributed by atoms with E-state index in [4.69, 9.17) is 4.74 Å². The Labute approximate surface area is 58.7 Å². The van der Waals surface area contributed by atoms with Gasteiger partial charge in [-0.1, -0.05) is 0 Å². The first-order valence-corrected chi connectivity index (χ1v) is 3.78. The Bertz CT molecular complexity index is 194. The third-order valence-corrected chi connectivity index (χ3v) is 2.96. The van der Waals surface area contributed by atoms with Gasteiger partial charge < -0.3 is 10.1 Å². The lowest BCUT2D eigenvalue weighted by Gasteiger charge is -2.11. The van der Waals surface area contributed by atoms with Gasteiger partial charge in [0.25, 0.3) is 0 Å². The van der Waals surface area contributed by atoms with E-state index in [-0.39, 0.29) is 17.2 Å². The van der Waals surface area contributed by atoms with Crippen molar-refractivity contribution < 1.29 is 9.53 Å². The van der Waals surface area contributed by atoms with E-state index in [1.807, 2.05) is 0 Å². The minimum atomic E-state index is -0.199. The molecule has 3 heteroatoms. The fourth-order valence-electron chi connectivity index (χ4n) is 2.01. The van der Waals surface area contributed by atoms with Gasteiger partial charge >= 0.3 is 6.09 Å². The smallest absolute Gasteiger partial charge is 0.408 e. The predicted molar refractivity (Wildman–Crippen MR) is 33.5 cm³/mol. The Morgan fingerprint density at radius 2 is 2.00 bits per heavy atom. The summed E-state index contributed by atoms with van der Waals surface area (Å²) in [6.07, 6.45) is 4.20. The fourth-order valence-corrected chi connectivity index (χ4v) is 2.01. The molecule has 2 aliphatic carbocycles. The van der Waals surface area contributed by atoms with Gasteiger partial charge in [0.15, 0.2) is 0 Å². The number of carbonyl (C=O) groups is 1. The molecule has 1 aliphatic heterocycles. The molecule has 3 nitrogen and oxygen atoms in total. The van der Waals surface area contributed by atoms with Crippen LogP contribution in [-0.4, -0.2) is 17.2 Å². The van der Waals surface area contributed by atoms with Crippen LogP contribution in [0.4, 0.5) is 4.79 Å². The second-order valence-corrected chi connectivity index (χ2v) is 3.59. The van der Waals surface area contributed by atoms with Crippen LogP contribution >= 0.6 is 0 Å². The summed E-state index contributed by atoms with van der Waals surface area (Å²) in [5.74, 6) is 0. The number of fused-ring (bicyclic) bond motifs is 1. The molecule has 54 valence electrons. The Hall–Kier alpha value is -0.730. The van der Waals surface area contributed by atoms with Crippen LogP contribution in [0.1, 0.15) is 25.7 Å². The number of alkyl carbamates (subject to hydrolysis) is 1. The van der Waals surface area contributed by atoms with Crippen LogP contribution in [0.3, 0.4) is 0 Å². The van der Waals surface area contributed by atoms with E-state index in [1.165, 1.54) is 0 Å². The van der Waals surface area contributed by atoms with Crippen LogP contribution < -0.4 is 5.32 Å². The van der Waals surface area contributed by atoms with E-state index in [1.54, 1.807) is 0 Å². The highest BCUT2D eigenvalue weighted by Gasteiger charge is 2.73. The molecule has 3 aliphatic rings. The summed E-state index contributed by atoms with van der Waals surface area (Å²) in [5, 5.41) is 2.90. The third-order valence-electron chi connectivity index (χ3n) is 2.96. The van der Waals surface area contributed by atoms with Crippen molar-refractivity contribution in [2.24, 2.45) is 0 Å². The van der Waals surface area contributed by atoms with Crippen molar-refractivity contribution in [1.82, 2.24) is 5.32 Å². The molecule has 1 amide bonds. The molecule has 0 unspecified atom stereocenters. The molecule has 0 bridgehead atoms. The first-order chi connectivity index (χ1) is 4.77. The predicted octanol–water partition coefficient (Wildman–Crippen LogP) is 0.791. The molecule has 0 aromatic carbocycles. The Morgan fingerprint density at radius 1 is 1.30 bits per heavy atom. The SMILES string of the molecule is O=C1NC2(CC2)C2(CC2)O1. The van der Waals surface area contributed by atoms with Gasteiger partial charge in [0.05, 0.1) is 5.54 Å². The maximum Gasteiger partial charge on any atom is 0.408 e. The van der Waals surface area contributed by atoms with Crippen LogP contribution in [0, 0.1) is 0 Å². The van der Waals surface area contributed by atoms with Crippen LogP contribution in [0.2, 0.25) is 0 Å². The summed E-state index contributed by atoms with van der Waals surface area (Å²) in [7, 11) is 0. The Morgan fingerprint density at radius 3 is 2.40 bits per heavy atom. The van der Waals surface area contributed by atoms with E-state index in [9.17, 15) is 4.79 Å². The standard InChI is InChI=1S/C7H9NO2/c9-5-8-6(1-2-6)7(10-5)3-4-7/h1-4H2,(H,8,9). The topological polar surface area (TPSA) is 38.3 Å². The van der Waals surface area contributed by atoms with Crippen molar-refractivity contribution >= 4 is 6.09 Å². The van der Waals surface area contributed by atoms with E-state index >= 15 is 0 Å². The molecule has 0 aromatic heterocycles. The second-order valence-electron chi connectivity index (χ2n) is 3.59. The maximum absolute atomic E-state index is 10.8. The van der Waals surface area contributed by atoms with Gasteiger partial charge in [0.2, 0.25) is 0 Å². The third kappa shape index (κ3) is 0.358. The molecule has 10 heavy (non-hydrogen) atoms. The largest absolute Gasteiger partial charge is 0.440 e. The van der Waals surface area contributed by atoms with Crippen LogP contribution in [0.5, 0.6) is 0 Å². The molecule has 0 radical (unpaired) electrons. The van der Waals surface area contributed by atoms with Crippen molar-refractivity contribution in [3.05, 3.63) is 0 Å². The molecule has 0 aromatic rings. The van der Waals surface area contributed by atoms with Gasteiger partial charge in [-0.25, -0.2) is 4.79 Å². The second kappa shape index (κ2) is 1.06. The monoisotopic (exact) mass is 139 g/mol. The van der Waals surface area contributed by atoms with E-state index < -0.39 is 0 Å². The summed E-state index contributed by atoms with van der Waals surface area (Å²) in [4.78, 5) is 10.8. The highest BCUT2D eigenvalue weighted by Crippen LogP contribution is 2.62. The lowest BCUT2D eigenvalue weighted by Crippen LogP contribution is -2.35. The van der Waals surface area contributed by atoms with E-state index in [2.05, 4.69) is 5.32 Å². The highest BCUT2D eigenvalue weighted by atomic mass is 16.6. The average molecular weight is 139 g/mol. The summed E-state index contributed by atoms with van der Waals surface area (Å²) in [6.45, 7) is 0. The van der Waals surface area contributed by atoms with Gasteiger partial charge in [0, 0.05) is 0 Å². The van der Waals surface area contributed by atoms with Gasteiger partial charge in [-0.15, -0.1) is 0 Å². The van der Waals surface area contributed by atoms with Gasteiger partial charge in [-0.2, -0.15) is 0 Å². The van der Waals surface area contributed by atoms with Crippen LogP contribution in [0.15, 0.2) is 0 Å². The lowest BCUT2D eigenvalue weighted by molar-refractivity contribution is 0.113. The minimum Gasteiger partial charge on any atom is -0.440 e. The number of nitrogens with one attached hydrogen (secondary N) is 1. The van der Waals surface area contributed by atoms with Crippen molar-refractivity contribution in [3.8, 4) is 0 Å². The number of carbonyl (C=O) groups excluding carboxylic acids is 1. The summed E-state index contributed by atoms with van der Waals surface area (Å²) in [5.41, 5.74) is 0.0637. The molecule has 3 rings (SSSR count). The highest BCUT2D eigenvalue weighted by molar-refractivity contribution is 5.74.